The molecule has 1 aliphatic heterocycles. The minimum atomic E-state index is -0.717. The lowest BCUT2D eigenvalue weighted by Crippen LogP contribution is -2.48. The van der Waals surface area contributed by atoms with Crippen LogP contribution < -0.4 is 4.74 Å². The van der Waals surface area contributed by atoms with Gasteiger partial charge >= 0.3 is 0 Å². The van der Waals surface area contributed by atoms with Gasteiger partial charge in [-0.25, -0.2) is 0 Å². The van der Waals surface area contributed by atoms with E-state index in [-0.39, 0.29) is 29.8 Å². The van der Waals surface area contributed by atoms with Gasteiger partial charge in [0.1, 0.15) is 5.78 Å². The summed E-state index contributed by atoms with van der Waals surface area (Å²) in [6.45, 7) is 0.963. The topological polar surface area (TPSA) is 66.8 Å². The van der Waals surface area contributed by atoms with Crippen molar-refractivity contribution in [2.45, 2.75) is 50.0 Å². The van der Waals surface area contributed by atoms with Gasteiger partial charge in [-0.15, -0.1) is 0 Å². The van der Waals surface area contributed by atoms with E-state index in [2.05, 4.69) is 11.9 Å². The van der Waals surface area contributed by atoms with Crippen LogP contribution in [0.4, 0.5) is 0 Å². The van der Waals surface area contributed by atoms with Gasteiger partial charge in [-0.1, -0.05) is 0 Å². The van der Waals surface area contributed by atoms with Crippen molar-refractivity contribution < 1.29 is 19.4 Å². The number of hydrogen-bond acceptors (Lipinski definition) is 5. The van der Waals surface area contributed by atoms with Crippen molar-refractivity contribution in [3.05, 3.63) is 22.8 Å². The molecule has 1 heterocycles. The van der Waals surface area contributed by atoms with Gasteiger partial charge in [-0.3, -0.25) is 14.5 Å². The second-order valence-corrected chi connectivity index (χ2v) is 7.38. The van der Waals surface area contributed by atoms with Crippen molar-refractivity contribution in [1.29, 1.82) is 0 Å². The maximum absolute atomic E-state index is 12.9. The number of rotatable bonds is 1. The molecule has 1 saturated carbocycles. The summed E-state index contributed by atoms with van der Waals surface area (Å²) in [5, 5.41) is 10.9. The van der Waals surface area contributed by atoms with E-state index in [0.29, 0.717) is 25.0 Å². The first-order valence-corrected chi connectivity index (χ1v) is 8.66. The van der Waals surface area contributed by atoms with Gasteiger partial charge in [0, 0.05) is 24.6 Å². The summed E-state index contributed by atoms with van der Waals surface area (Å²) in [5.41, 5.74) is 2.31. The maximum atomic E-state index is 12.9. The lowest BCUT2D eigenvalue weighted by Gasteiger charge is -2.48. The van der Waals surface area contributed by atoms with Crippen LogP contribution in [0.15, 0.2) is 6.07 Å². The highest BCUT2D eigenvalue weighted by molar-refractivity contribution is 6.07. The predicted molar refractivity (Wildman–Crippen MR) is 88.5 cm³/mol. The zero-order chi connectivity index (χ0) is 17.1. The Morgan fingerprint density at radius 1 is 1.29 bits per heavy atom. The molecule has 1 N–H and O–H groups in total. The molecule has 1 aromatic rings. The first kappa shape index (κ1) is 15.6. The second-order valence-electron chi connectivity index (χ2n) is 7.38. The number of phenols is 1. The Morgan fingerprint density at radius 2 is 2.08 bits per heavy atom. The highest BCUT2D eigenvalue weighted by Crippen LogP contribution is 2.56. The maximum Gasteiger partial charge on any atom is 0.162 e. The molecule has 5 heteroatoms. The van der Waals surface area contributed by atoms with Crippen LogP contribution in [0.2, 0.25) is 0 Å². The van der Waals surface area contributed by atoms with Gasteiger partial charge < -0.3 is 9.84 Å². The van der Waals surface area contributed by atoms with Crippen molar-refractivity contribution in [2.24, 2.45) is 0 Å². The Bertz CT molecular complexity index is 741. The molecule has 5 nitrogen and oxygen atoms in total. The summed E-state index contributed by atoms with van der Waals surface area (Å²) in [6, 6.07) is 2.16. The quantitative estimate of drug-likeness (QED) is 0.801. The number of methoxy groups -OCH3 is 1. The van der Waals surface area contributed by atoms with Crippen molar-refractivity contribution in [2.75, 3.05) is 20.7 Å². The fourth-order valence-corrected chi connectivity index (χ4v) is 4.95. The Balaban J connectivity index is 1.98. The summed E-state index contributed by atoms with van der Waals surface area (Å²) >= 11 is 0. The van der Waals surface area contributed by atoms with E-state index < -0.39 is 5.41 Å². The van der Waals surface area contributed by atoms with Gasteiger partial charge in [0.25, 0.3) is 0 Å². The van der Waals surface area contributed by atoms with Crippen molar-refractivity contribution in [1.82, 2.24) is 4.90 Å². The Kier molecular flexibility index (Phi) is 3.46. The van der Waals surface area contributed by atoms with Crippen LogP contribution >= 0.6 is 0 Å². The summed E-state index contributed by atoms with van der Waals surface area (Å²) in [5.74, 6) is 0.522. The molecule has 4 rings (SSSR count). The summed E-state index contributed by atoms with van der Waals surface area (Å²) in [4.78, 5) is 27.0. The van der Waals surface area contributed by atoms with Gasteiger partial charge in [-0.2, -0.15) is 0 Å². The molecule has 0 aromatic heterocycles. The van der Waals surface area contributed by atoms with Crippen LogP contribution in [0.5, 0.6) is 11.5 Å². The smallest absolute Gasteiger partial charge is 0.162 e. The lowest BCUT2D eigenvalue weighted by atomic mass is 9.59. The normalized spacial score (nSPS) is 29.7. The van der Waals surface area contributed by atoms with Crippen LogP contribution in [-0.4, -0.2) is 42.3 Å². The fraction of sp³-hybridized carbons (Fsp3) is 0.579. The number of fused-ring (bicyclic) bond motifs is 1. The fourth-order valence-electron chi connectivity index (χ4n) is 4.95. The Labute approximate surface area is 141 Å². The molecule has 1 spiro atoms. The standard InChI is InChI=1S/C19H23NO4/c1-20-8-5-11-9-14(24-2)18(23)17-16(11)13(20)4-7-19(17)6-3-12(21)10-15(19)22/h9,13,23H,3-8,10H2,1-2H3. The van der Waals surface area contributed by atoms with Gasteiger partial charge in [0.15, 0.2) is 17.3 Å². The molecule has 2 unspecified atom stereocenters. The van der Waals surface area contributed by atoms with E-state index >= 15 is 0 Å². The van der Waals surface area contributed by atoms with Gasteiger partial charge in [-0.05, 0) is 49.9 Å². The van der Waals surface area contributed by atoms with E-state index in [1.807, 2.05) is 6.07 Å². The Hall–Kier alpha value is -1.88. The predicted octanol–water partition coefficient (Wildman–Crippen LogP) is 2.28. The van der Waals surface area contributed by atoms with E-state index in [0.717, 1.165) is 30.5 Å². The number of aromatic hydroxyl groups is 1. The van der Waals surface area contributed by atoms with E-state index in [1.54, 1.807) is 7.11 Å². The molecular formula is C19H23NO4. The molecule has 24 heavy (non-hydrogen) atoms. The van der Waals surface area contributed by atoms with Crippen LogP contribution in [0, 0.1) is 0 Å². The number of benzene rings is 1. The average molecular weight is 329 g/mol. The van der Waals surface area contributed by atoms with Crippen molar-refractivity contribution in [3.63, 3.8) is 0 Å². The average Bonchev–Trinajstić information content (AvgIpc) is 2.57. The van der Waals surface area contributed by atoms with Crippen LogP contribution in [0.1, 0.15) is 54.8 Å². The van der Waals surface area contributed by atoms with Crippen LogP contribution in [0.25, 0.3) is 0 Å². The first-order chi connectivity index (χ1) is 11.5. The zero-order valence-electron chi connectivity index (χ0n) is 14.2. The molecule has 3 aliphatic rings. The van der Waals surface area contributed by atoms with E-state index in [9.17, 15) is 14.7 Å². The number of likely N-dealkylation sites (N-methyl/N-ethyl adjacent to an activating group) is 1. The molecule has 1 aromatic carbocycles. The molecule has 1 fully saturated rings. The second kappa shape index (κ2) is 5.31. The van der Waals surface area contributed by atoms with Gasteiger partial charge in [0.2, 0.25) is 0 Å². The molecule has 128 valence electrons. The van der Waals surface area contributed by atoms with Gasteiger partial charge in [0.05, 0.1) is 18.9 Å². The third kappa shape index (κ3) is 1.97. The molecule has 2 aliphatic carbocycles. The Morgan fingerprint density at radius 3 is 2.79 bits per heavy atom. The van der Waals surface area contributed by atoms with Crippen LogP contribution in [0.3, 0.4) is 0 Å². The van der Waals surface area contributed by atoms with E-state index in [1.165, 1.54) is 5.56 Å². The number of ether oxygens (including phenoxy) is 1. The number of carbonyl (C=O) groups is 2. The third-order valence-electron chi connectivity index (χ3n) is 6.26. The highest BCUT2D eigenvalue weighted by Gasteiger charge is 2.51. The lowest BCUT2D eigenvalue weighted by molar-refractivity contribution is -0.135. The van der Waals surface area contributed by atoms with Crippen molar-refractivity contribution in [3.8, 4) is 11.5 Å². The summed E-state index contributed by atoms with van der Waals surface area (Å²) < 4.78 is 5.39. The molecular weight excluding hydrogens is 306 g/mol. The van der Waals surface area contributed by atoms with E-state index in [4.69, 9.17) is 4.74 Å². The first-order valence-electron chi connectivity index (χ1n) is 8.66. The molecule has 0 radical (unpaired) electrons. The van der Waals surface area contributed by atoms with Crippen LogP contribution in [-0.2, 0) is 21.4 Å². The number of phenolic OH excluding ortho intramolecular Hbond substituents is 1. The largest absolute Gasteiger partial charge is 0.504 e. The number of nitrogens with zero attached hydrogens (tertiary/aromatic N) is 1. The molecule has 0 saturated heterocycles. The molecule has 0 amide bonds. The molecule has 0 bridgehead atoms. The SMILES string of the molecule is COc1cc2c3c(c1O)C1(CCC(=O)CC1=O)CCC3N(C)CC2. The minimum Gasteiger partial charge on any atom is -0.504 e. The molecule has 2 atom stereocenters. The number of hydrogen-bond donors (Lipinski definition) is 1. The summed E-state index contributed by atoms with van der Waals surface area (Å²) in [7, 11) is 3.64. The monoisotopic (exact) mass is 329 g/mol. The van der Waals surface area contributed by atoms with Crippen molar-refractivity contribution >= 4 is 11.6 Å². The zero-order valence-corrected chi connectivity index (χ0v) is 14.2. The number of Topliss-reactive ketones (excluding diaryl/α,β-unsaturated/α-hetero) is 2. The summed E-state index contributed by atoms with van der Waals surface area (Å²) in [6.07, 6.45) is 3.39. The highest BCUT2D eigenvalue weighted by atomic mass is 16.5. The third-order valence-corrected chi connectivity index (χ3v) is 6.26. The minimum absolute atomic E-state index is 0.00801. The number of carbonyl (C=O) groups excluding carboxylic acids is 2. The number of ketones is 2.